The molecule has 1 atom stereocenters. The van der Waals surface area contributed by atoms with Crippen molar-refractivity contribution in [1.82, 2.24) is 5.32 Å². The van der Waals surface area contributed by atoms with Crippen molar-refractivity contribution in [1.29, 1.82) is 0 Å². The van der Waals surface area contributed by atoms with E-state index in [0.717, 1.165) is 12.2 Å². The Hall–Kier alpha value is -2.53. The molecule has 1 unspecified atom stereocenters. The second kappa shape index (κ2) is 8.36. The lowest BCUT2D eigenvalue weighted by Crippen LogP contribution is -2.42. The Morgan fingerprint density at radius 1 is 1.12 bits per heavy atom. The van der Waals surface area contributed by atoms with Gasteiger partial charge in [-0.25, -0.2) is 4.79 Å². The van der Waals surface area contributed by atoms with E-state index in [1.54, 1.807) is 38.3 Å². The van der Waals surface area contributed by atoms with Crippen molar-refractivity contribution in [2.75, 3.05) is 19.0 Å². The molecule has 0 fully saturated rings. The summed E-state index contributed by atoms with van der Waals surface area (Å²) in [5.41, 5.74) is 0.866. The molecule has 2 aromatic rings. The molecule has 0 saturated carbocycles. The van der Waals surface area contributed by atoms with Crippen molar-refractivity contribution in [2.24, 2.45) is 0 Å². The van der Waals surface area contributed by atoms with E-state index in [0.29, 0.717) is 12.1 Å². The molecule has 0 heterocycles. The molecule has 0 radical (unpaired) electrons. The van der Waals surface area contributed by atoms with E-state index in [1.807, 2.05) is 30.3 Å². The lowest BCUT2D eigenvalue weighted by atomic mass is 9.97. The summed E-state index contributed by atoms with van der Waals surface area (Å²) in [4.78, 5) is 11.9. The highest BCUT2D eigenvalue weighted by atomic mass is 16.5. The van der Waals surface area contributed by atoms with Crippen molar-refractivity contribution in [3.05, 3.63) is 60.2 Å². The summed E-state index contributed by atoms with van der Waals surface area (Å²) in [6, 6.07) is 16.7. The van der Waals surface area contributed by atoms with Crippen molar-refractivity contribution in [3.63, 3.8) is 0 Å². The average molecular weight is 328 g/mol. The highest BCUT2D eigenvalue weighted by Crippen LogP contribution is 2.15. The van der Waals surface area contributed by atoms with Crippen LogP contribution in [0.5, 0.6) is 5.75 Å². The topological polar surface area (TPSA) is 70.6 Å². The van der Waals surface area contributed by atoms with E-state index in [9.17, 15) is 9.90 Å². The molecule has 5 nitrogen and oxygen atoms in total. The van der Waals surface area contributed by atoms with Gasteiger partial charge in [-0.15, -0.1) is 0 Å². The lowest BCUT2D eigenvalue weighted by molar-refractivity contribution is 0.0539. The highest BCUT2D eigenvalue weighted by molar-refractivity contribution is 5.89. The number of nitrogens with one attached hydrogen (secondary N) is 2. The fraction of sp³-hybridized carbons (Fsp3) is 0.316. The van der Waals surface area contributed by atoms with Gasteiger partial charge in [-0.2, -0.15) is 0 Å². The Kier molecular flexibility index (Phi) is 6.21. The SMILES string of the molecule is COc1ccc(NC(=O)NCC(C)(O)CCc2ccccc2)cc1. The largest absolute Gasteiger partial charge is 0.497 e. The third kappa shape index (κ3) is 5.93. The summed E-state index contributed by atoms with van der Waals surface area (Å²) in [5.74, 6) is 0.727. The standard InChI is InChI=1S/C19H24N2O3/c1-19(23,13-12-15-6-4-3-5-7-15)14-20-18(22)21-16-8-10-17(24-2)11-9-16/h3-11,23H,12-14H2,1-2H3,(H2,20,21,22). The molecule has 3 N–H and O–H groups in total. The van der Waals surface area contributed by atoms with Crippen LogP contribution in [0.25, 0.3) is 0 Å². The number of hydrogen-bond donors (Lipinski definition) is 3. The summed E-state index contributed by atoms with van der Waals surface area (Å²) in [6.07, 6.45) is 1.33. The third-order valence-corrected chi connectivity index (χ3v) is 3.77. The molecule has 24 heavy (non-hydrogen) atoms. The number of urea groups is 1. The number of aliphatic hydroxyl groups is 1. The number of carbonyl (C=O) groups excluding carboxylic acids is 1. The Balaban J connectivity index is 1.76. The molecule has 2 amide bonds. The van der Waals surface area contributed by atoms with Gasteiger partial charge in [0, 0.05) is 12.2 Å². The van der Waals surface area contributed by atoms with Crippen LogP contribution in [0, 0.1) is 0 Å². The van der Waals surface area contributed by atoms with E-state index in [2.05, 4.69) is 10.6 Å². The zero-order chi connectivity index (χ0) is 17.4. The predicted octanol–water partition coefficient (Wildman–Crippen LogP) is 3.20. The van der Waals surface area contributed by atoms with Gasteiger partial charge in [-0.3, -0.25) is 0 Å². The third-order valence-electron chi connectivity index (χ3n) is 3.77. The molecular weight excluding hydrogens is 304 g/mol. The molecular formula is C19H24N2O3. The van der Waals surface area contributed by atoms with Crippen LogP contribution in [0.4, 0.5) is 10.5 Å². The fourth-order valence-electron chi connectivity index (χ4n) is 2.27. The minimum absolute atomic E-state index is 0.182. The molecule has 2 rings (SSSR count). The normalized spacial score (nSPS) is 13.0. The van der Waals surface area contributed by atoms with E-state index >= 15 is 0 Å². The van der Waals surface area contributed by atoms with Gasteiger partial charge in [0.25, 0.3) is 0 Å². The highest BCUT2D eigenvalue weighted by Gasteiger charge is 2.21. The van der Waals surface area contributed by atoms with Gasteiger partial charge >= 0.3 is 6.03 Å². The molecule has 0 aliphatic heterocycles. The maximum Gasteiger partial charge on any atom is 0.319 e. The van der Waals surface area contributed by atoms with Crippen LogP contribution >= 0.6 is 0 Å². The first-order valence-corrected chi connectivity index (χ1v) is 7.94. The van der Waals surface area contributed by atoms with Gasteiger partial charge in [-0.05, 0) is 49.6 Å². The first-order chi connectivity index (χ1) is 11.5. The van der Waals surface area contributed by atoms with Crippen LogP contribution in [0.15, 0.2) is 54.6 Å². The quantitative estimate of drug-likeness (QED) is 0.731. The Morgan fingerprint density at radius 3 is 2.42 bits per heavy atom. The second-order valence-electron chi connectivity index (χ2n) is 6.02. The second-order valence-corrected chi connectivity index (χ2v) is 6.02. The van der Waals surface area contributed by atoms with Gasteiger partial charge in [0.1, 0.15) is 5.75 Å². The van der Waals surface area contributed by atoms with Crippen LogP contribution < -0.4 is 15.4 Å². The first-order valence-electron chi connectivity index (χ1n) is 7.94. The minimum atomic E-state index is -0.965. The zero-order valence-corrected chi connectivity index (χ0v) is 14.1. The number of ether oxygens (including phenoxy) is 1. The summed E-state index contributed by atoms with van der Waals surface area (Å²) in [6.45, 7) is 1.91. The molecule has 0 spiro atoms. The lowest BCUT2D eigenvalue weighted by Gasteiger charge is -2.23. The molecule has 0 saturated heterocycles. The number of amides is 2. The van der Waals surface area contributed by atoms with E-state index < -0.39 is 5.60 Å². The molecule has 128 valence electrons. The average Bonchev–Trinajstić information content (AvgIpc) is 2.60. The van der Waals surface area contributed by atoms with Crippen molar-refractivity contribution in [3.8, 4) is 5.75 Å². The zero-order valence-electron chi connectivity index (χ0n) is 14.1. The van der Waals surface area contributed by atoms with Gasteiger partial charge in [0.2, 0.25) is 0 Å². The monoisotopic (exact) mass is 328 g/mol. The number of aryl methyl sites for hydroxylation is 1. The molecule has 0 aliphatic rings. The summed E-state index contributed by atoms with van der Waals surface area (Å²) < 4.78 is 5.07. The molecule has 0 aliphatic carbocycles. The van der Waals surface area contributed by atoms with Crippen molar-refractivity contribution in [2.45, 2.75) is 25.4 Å². The van der Waals surface area contributed by atoms with Crippen LogP contribution in [0.3, 0.4) is 0 Å². The smallest absolute Gasteiger partial charge is 0.319 e. The molecule has 2 aromatic carbocycles. The number of rotatable bonds is 7. The molecule has 5 heteroatoms. The summed E-state index contributed by atoms with van der Waals surface area (Å²) in [7, 11) is 1.59. The maximum absolute atomic E-state index is 11.9. The molecule has 0 bridgehead atoms. The number of benzene rings is 2. The Bertz CT molecular complexity index is 639. The summed E-state index contributed by atoms with van der Waals surface area (Å²) >= 11 is 0. The van der Waals surface area contributed by atoms with E-state index in [4.69, 9.17) is 4.74 Å². The maximum atomic E-state index is 11.9. The van der Waals surface area contributed by atoms with Crippen LogP contribution in [-0.4, -0.2) is 30.4 Å². The van der Waals surface area contributed by atoms with Crippen molar-refractivity contribution >= 4 is 11.7 Å². The van der Waals surface area contributed by atoms with Crippen LogP contribution in [0.1, 0.15) is 18.9 Å². The van der Waals surface area contributed by atoms with E-state index in [1.165, 1.54) is 5.56 Å². The van der Waals surface area contributed by atoms with Crippen molar-refractivity contribution < 1.29 is 14.6 Å². The number of hydrogen-bond acceptors (Lipinski definition) is 3. The Morgan fingerprint density at radius 2 is 1.79 bits per heavy atom. The van der Waals surface area contributed by atoms with Gasteiger partial charge in [0.15, 0.2) is 0 Å². The number of methoxy groups -OCH3 is 1. The van der Waals surface area contributed by atoms with Crippen LogP contribution in [0.2, 0.25) is 0 Å². The van der Waals surface area contributed by atoms with Gasteiger partial charge in [-0.1, -0.05) is 30.3 Å². The molecule has 0 aromatic heterocycles. The summed E-state index contributed by atoms with van der Waals surface area (Å²) in [5, 5.41) is 15.8. The fourth-order valence-corrected chi connectivity index (χ4v) is 2.27. The minimum Gasteiger partial charge on any atom is -0.497 e. The number of anilines is 1. The Labute approximate surface area is 142 Å². The number of carbonyl (C=O) groups is 1. The van der Waals surface area contributed by atoms with Gasteiger partial charge in [0.05, 0.1) is 12.7 Å². The predicted molar refractivity (Wildman–Crippen MR) is 95.4 cm³/mol. The first kappa shape index (κ1) is 17.8. The van der Waals surface area contributed by atoms with Crippen LogP contribution in [-0.2, 0) is 6.42 Å². The van der Waals surface area contributed by atoms with E-state index in [-0.39, 0.29) is 12.6 Å². The van der Waals surface area contributed by atoms with Gasteiger partial charge < -0.3 is 20.5 Å².